The Kier molecular flexibility index (Phi) is 4.18. The second kappa shape index (κ2) is 5.65. The fraction of sp³-hybridized carbons (Fsp3) is 0.667. The van der Waals surface area contributed by atoms with Crippen LogP contribution in [0.15, 0.2) is 6.33 Å². The Bertz CT molecular complexity index is 380. The van der Waals surface area contributed by atoms with Gasteiger partial charge in [0.2, 0.25) is 0 Å². The van der Waals surface area contributed by atoms with Crippen LogP contribution in [0.25, 0.3) is 0 Å². The Balaban J connectivity index is 2.03. The Morgan fingerprint density at radius 2 is 2.29 bits per heavy atom. The van der Waals surface area contributed by atoms with Crippen LogP contribution >= 0.6 is 11.6 Å². The molecule has 0 N–H and O–H groups in total. The zero-order valence-electron chi connectivity index (χ0n) is 10.3. The number of aromatic nitrogens is 2. The minimum absolute atomic E-state index is 0.307. The highest BCUT2D eigenvalue weighted by molar-refractivity contribution is 6.30. The lowest BCUT2D eigenvalue weighted by atomic mass is 10.1. The molecule has 1 unspecified atom stereocenters. The summed E-state index contributed by atoms with van der Waals surface area (Å²) in [6.45, 7) is 3.67. The predicted molar refractivity (Wildman–Crippen MR) is 68.6 cm³/mol. The van der Waals surface area contributed by atoms with Gasteiger partial charge in [-0.15, -0.1) is 0 Å². The summed E-state index contributed by atoms with van der Waals surface area (Å²) in [5.41, 5.74) is 0.924. The SMILES string of the molecule is Cc1c(Cl)ncnc1N(C)CC1CCCCO1. The molecule has 1 fully saturated rings. The number of hydrogen-bond acceptors (Lipinski definition) is 4. The van der Waals surface area contributed by atoms with Gasteiger partial charge in [0.1, 0.15) is 17.3 Å². The van der Waals surface area contributed by atoms with Gasteiger partial charge in [-0.1, -0.05) is 11.6 Å². The zero-order chi connectivity index (χ0) is 12.3. The van der Waals surface area contributed by atoms with Gasteiger partial charge in [0.15, 0.2) is 0 Å². The van der Waals surface area contributed by atoms with Crippen molar-refractivity contribution in [1.82, 2.24) is 9.97 Å². The van der Waals surface area contributed by atoms with Crippen molar-refractivity contribution in [3.8, 4) is 0 Å². The van der Waals surface area contributed by atoms with Crippen molar-refractivity contribution in [2.75, 3.05) is 25.1 Å². The van der Waals surface area contributed by atoms with E-state index < -0.39 is 0 Å². The van der Waals surface area contributed by atoms with Crippen molar-refractivity contribution in [3.63, 3.8) is 0 Å². The lowest BCUT2D eigenvalue weighted by Gasteiger charge is -2.28. The first-order valence-electron chi connectivity index (χ1n) is 5.98. The topological polar surface area (TPSA) is 38.2 Å². The van der Waals surface area contributed by atoms with Crippen molar-refractivity contribution < 1.29 is 4.74 Å². The average Bonchev–Trinajstić information content (AvgIpc) is 2.34. The molecule has 94 valence electrons. The van der Waals surface area contributed by atoms with Crippen molar-refractivity contribution in [3.05, 3.63) is 17.0 Å². The third-order valence-electron chi connectivity index (χ3n) is 3.11. The van der Waals surface area contributed by atoms with E-state index in [9.17, 15) is 0 Å². The van der Waals surface area contributed by atoms with E-state index >= 15 is 0 Å². The first-order valence-corrected chi connectivity index (χ1v) is 6.36. The van der Waals surface area contributed by atoms with Gasteiger partial charge < -0.3 is 9.64 Å². The first-order chi connectivity index (χ1) is 8.18. The maximum absolute atomic E-state index is 5.99. The largest absolute Gasteiger partial charge is 0.376 e. The lowest BCUT2D eigenvalue weighted by molar-refractivity contribution is 0.0215. The minimum atomic E-state index is 0.307. The van der Waals surface area contributed by atoms with E-state index in [-0.39, 0.29) is 0 Å². The van der Waals surface area contributed by atoms with Crippen LogP contribution in [0, 0.1) is 6.92 Å². The van der Waals surface area contributed by atoms with Crippen molar-refractivity contribution in [1.29, 1.82) is 0 Å². The van der Waals surface area contributed by atoms with Crippen LogP contribution in [0.4, 0.5) is 5.82 Å². The van der Waals surface area contributed by atoms with Crippen LogP contribution in [0.5, 0.6) is 0 Å². The van der Waals surface area contributed by atoms with Gasteiger partial charge in [0.05, 0.1) is 6.10 Å². The molecule has 0 radical (unpaired) electrons. The molecule has 1 aliphatic heterocycles. The Labute approximate surface area is 107 Å². The van der Waals surface area contributed by atoms with Crippen LogP contribution in [0.1, 0.15) is 24.8 Å². The number of halogens is 1. The second-order valence-electron chi connectivity index (χ2n) is 4.48. The molecule has 1 aromatic rings. The standard InChI is InChI=1S/C12H18ClN3O/c1-9-11(13)14-8-15-12(9)16(2)7-10-5-3-4-6-17-10/h8,10H,3-7H2,1-2H3. The van der Waals surface area contributed by atoms with Gasteiger partial charge in [-0.25, -0.2) is 9.97 Å². The van der Waals surface area contributed by atoms with Crippen LogP contribution < -0.4 is 4.90 Å². The molecule has 0 saturated carbocycles. The normalized spacial score (nSPS) is 20.3. The van der Waals surface area contributed by atoms with E-state index in [0.717, 1.165) is 31.0 Å². The van der Waals surface area contributed by atoms with Gasteiger partial charge in [0, 0.05) is 25.8 Å². The summed E-state index contributed by atoms with van der Waals surface area (Å²) in [5.74, 6) is 0.888. The number of hydrogen-bond donors (Lipinski definition) is 0. The fourth-order valence-corrected chi connectivity index (χ4v) is 2.28. The van der Waals surface area contributed by atoms with Crippen LogP contribution in [0.2, 0.25) is 5.15 Å². The maximum atomic E-state index is 5.99. The third kappa shape index (κ3) is 3.07. The summed E-state index contributed by atoms with van der Waals surface area (Å²) < 4.78 is 5.72. The molecule has 0 bridgehead atoms. The Morgan fingerprint density at radius 1 is 1.47 bits per heavy atom. The van der Waals surface area contributed by atoms with E-state index in [4.69, 9.17) is 16.3 Å². The van der Waals surface area contributed by atoms with Crippen molar-refractivity contribution >= 4 is 17.4 Å². The molecule has 1 saturated heterocycles. The highest BCUT2D eigenvalue weighted by Gasteiger charge is 2.18. The van der Waals surface area contributed by atoms with E-state index in [1.807, 2.05) is 14.0 Å². The summed E-state index contributed by atoms with van der Waals surface area (Å²) in [5, 5.41) is 0.520. The average molecular weight is 256 g/mol. The van der Waals surface area contributed by atoms with Gasteiger partial charge >= 0.3 is 0 Å². The molecule has 0 aliphatic carbocycles. The molecule has 17 heavy (non-hydrogen) atoms. The molecule has 2 rings (SSSR count). The Morgan fingerprint density at radius 3 is 3.00 bits per heavy atom. The van der Waals surface area contributed by atoms with Crippen LogP contribution in [0.3, 0.4) is 0 Å². The molecule has 0 aromatic carbocycles. The molecular formula is C12H18ClN3O. The quantitative estimate of drug-likeness (QED) is 0.778. The smallest absolute Gasteiger partial charge is 0.137 e. The van der Waals surface area contributed by atoms with Crippen LogP contribution in [-0.4, -0.2) is 36.3 Å². The Hall–Kier alpha value is -0.870. The summed E-state index contributed by atoms with van der Waals surface area (Å²) in [6.07, 6.45) is 5.37. The van der Waals surface area contributed by atoms with Gasteiger partial charge in [-0.3, -0.25) is 0 Å². The molecule has 1 atom stereocenters. The van der Waals surface area contributed by atoms with E-state index in [1.54, 1.807) is 0 Å². The van der Waals surface area contributed by atoms with Crippen molar-refractivity contribution in [2.45, 2.75) is 32.3 Å². The lowest BCUT2D eigenvalue weighted by Crippen LogP contribution is -2.34. The molecule has 0 amide bonds. The first kappa shape index (κ1) is 12.6. The molecule has 5 heteroatoms. The second-order valence-corrected chi connectivity index (χ2v) is 4.84. The van der Waals surface area contributed by atoms with Crippen molar-refractivity contribution in [2.24, 2.45) is 0 Å². The summed E-state index contributed by atoms with van der Waals surface area (Å²) >= 11 is 5.99. The summed E-state index contributed by atoms with van der Waals surface area (Å²) in [6, 6.07) is 0. The summed E-state index contributed by atoms with van der Waals surface area (Å²) in [7, 11) is 2.02. The van der Waals surface area contributed by atoms with E-state index in [1.165, 1.54) is 19.2 Å². The number of rotatable bonds is 3. The van der Waals surface area contributed by atoms with E-state index in [0.29, 0.717) is 11.3 Å². The van der Waals surface area contributed by atoms with E-state index in [2.05, 4.69) is 14.9 Å². The third-order valence-corrected chi connectivity index (χ3v) is 3.49. The number of likely N-dealkylation sites (N-methyl/N-ethyl adjacent to an activating group) is 1. The monoisotopic (exact) mass is 255 g/mol. The van der Waals surface area contributed by atoms with Gasteiger partial charge in [-0.05, 0) is 26.2 Å². The van der Waals surface area contributed by atoms with Gasteiger partial charge in [-0.2, -0.15) is 0 Å². The van der Waals surface area contributed by atoms with Crippen LogP contribution in [-0.2, 0) is 4.74 Å². The fourth-order valence-electron chi connectivity index (χ4n) is 2.15. The molecule has 1 aliphatic rings. The summed E-state index contributed by atoms with van der Waals surface area (Å²) in [4.78, 5) is 10.3. The highest BCUT2D eigenvalue weighted by Crippen LogP contribution is 2.22. The number of anilines is 1. The molecular weight excluding hydrogens is 238 g/mol. The molecule has 4 nitrogen and oxygen atoms in total. The minimum Gasteiger partial charge on any atom is -0.376 e. The highest BCUT2D eigenvalue weighted by atomic mass is 35.5. The predicted octanol–water partition coefficient (Wildman–Crippen LogP) is 2.44. The molecule has 0 spiro atoms. The van der Waals surface area contributed by atoms with Gasteiger partial charge in [0.25, 0.3) is 0 Å². The molecule has 1 aromatic heterocycles. The molecule has 2 heterocycles. The maximum Gasteiger partial charge on any atom is 0.137 e. The number of ether oxygens (including phenoxy) is 1. The zero-order valence-corrected chi connectivity index (χ0v) is 11.1. The number of nitrogens with zero attached hydrogens (tertiary/aromatic N) is 3.